The highest BCUT2D eigenvalue weighted by Gasteiger charge is 2.08. The summed E-state index contributed by atoms with van der Waals surface area (Å²) in [7, 11) is 0. The molecule has 0 unspecified atom stereocenters. The lowest BCUT2D eigenvalue weighted by atomic mass is 10.2. The molecule has 2 rings (SSSR count). The maximum absolute atomic E-state index is 12.0. The number of thioether (sulfide) groups is 1. The molecule has 0 saturated heterocycles. The number of halogens is 1. The van der Waals surface area contributed by atoms with Crippen molar-refractivity contribution < 1.29 is 4.79 Å². The predicted molar refractivity (Wildman–Crippen MR) is 85.7 cm³/mol. The van der Waals surface area contributed by atoms with E-state index < -0.39 is 0 Å². The molecule has 0 aliphatic rings. The van der Waals surface area contributed by atoms with Crippen LogP contribution in [0.25, 0.3) is 5.69 Å². The molecule has 1 aromatic heterocycles. The summed E-state index contributed by atoms with van der Waals surface area (Å²) in [6.45, 7) is 4.10. The summed E-state index contributed by atoms with van der Waals surface area (Å²) in [4.78, 5) is 16.3. The monoisotopic (exact) mass is 351 g/mol. The second-order valence-corrected chi connectivity index (χ2v) is 5.93. The Kier molecular flexibility index (Phi) is 5.03. The number of imidazole rings is 1. The molecule has 0 spiro atoms. The predicted octanol–water partition coefficient (Wildman–Crippen LogP) is 3.23. The zero-order valence-electron chi connectivity index (χ0n) is 11.0. The van der Waals surface area contributed by atoms with Gasteiger partial charge in [0.25, 0.3) is 5.91 Å². The van der Waals surface area contributed by atoms with Crippen LogP contribution in [-0.4, -0.2) is 28.3 Å². The van der Waals surface area contributed by atoms with E-state index in [4.69, 9.17) is 0 Å². The van der Waals surface area contributed by atoms with Crippen LogP contribution in [0.3, 0.4) is 0 Å². The number of aromatic nitrogens is 2. The average Bonchev–Trinajstić information content (AvgIpc) is 2.93. The Morgan fingerprint density at radius 3 is 3.05 bits per heavy atom. The minimum absolute atomic E-state index is 0.127. The number of nitrogens with zero attached hydrogens (tertiary/aromatic N) is 2. The first-order valence-electron chi connectivity index (χ1n) is 5.91. The van der Waals surface area contributed by atoms with Gasteiger partial charge in [-0.05, 0) is 24.5 Å². The van der Waals surface area contributed by atoms with E-state index in [0.29, 0.717) is 12.1 Å². The summed E-state index contributed by atoms with van der Waals surface area (Å²) in [5.41, 5.74) is 1.52. The molecule has 20 heavy (non-hydrogen) atoms. The molecule has 0 atom stereocenters. The molecule has 104 valence electrons. The van der Waals surface area contributed by atoms with Crippen molar-refractivity contribution in [2.24, 2.45) is 0 Å². The number of hydrogen-bond donors (Lipinski definition) is 1. The van der Waals surface area contributed by atoms with Gasteiger partial charge in [-0.2, -0.15) is 0 Å². The average molecular weight is 352 g/mol. The van der Waals surface area contributed by atoms with Gasteiger partial charge >= 0.3 is 0 Å². The van der Waals surface area contributed by atoms with Gasteiger partial charge in [0, 0.05) is 34.7 Å². The Bertz CT molecular complexity index is 639. The van der Waals surface area contributed by atoms with E-state index in [1.165, 1.54) is 0 Å². The first-order valence-corrected chi connectivity index (χ1v) is 7.93. The molecule has 1 N–H and O–H groups in total. The molecule has 1 aromatic carbocycles. The standard InChI is InChI=1S/C14H14BrN3OS/c1-10(15)9-17-13(19)11-4-3-5-12(8-11)18-7-6-16-14(18)20-2/h3-8H,1,9H2,2H3,(H,17,19). The van der Waals surface area contributed by atoms with E-state index in [9.17, 15) is 4.79 Å². The first-order chi connectivity index (χ1) is 9.61. The summed E-state index contributed by atoms with van der Waals surface area (Å²) >= 11 is 4.77. The molecule has 1 heterocycles. The van der Waals surface area contributed by atoms with E-state index in [2.05, 4.69) is 32.8 Å². The van der Waals surface area contributed by atoms with Crippen LogP contribution in [0.15, 0.2) is 52.9 Å². The summed E-state index contributed by atoms with van der Waals surface area (Å²) in [6.07, 6.45) is 5.59. The van der Waals surface area contributed by atoms with E-state index in [0.717, 1.165) is 15.3 Å². The van der Waals surface area contributed by atoms with Crippen molar-refractivity contribution >= 4 is 33.6 Å². The Labute approximate surface area is 130 Å². The van der Waals surface area contributed by atoms with Crippen molar-refractivity contribution in [3.05, 3.63) is 53.3 Å². The van der Waals surface area contributed by atoms with Crippen LogP contribution < -0.4 is 5.32 Å². The Balaban J connectivity index is 2.24. The van der Waals surface area contributed by atoms with Crippen LogP contribution in [0.5, 0.6) is 0 Å². The third-order valence-corrected chi connectivity index (χ3v) is 3.56. The third-order valence-electron chi connectivity index (χ3n) is 2.62. The second-order valence-electron chi connectivity index (χ2n) is 4.03. The van der Waals surface area contributed by atoms with Crippen molar-refractivity contribution in [1.82, 2.24) is 14.9 Å². The van der Waals surface area contributed by atoms with Gasteiger partial charge in [-0.25, -0.2) is 4.98 Å². The van der Waals surface area contributed by atoms with Gasteiger partial charge in [0.2, 0.25) is 0 Å². The normalized spacial score (nSPS) is 10.3. The fraction of sp³-hybridized carbons (Fsp3) is 0.143. The molecule has 0 bridgehead atoms. The van der Waals surface area contributed by atoms with Crippen LogP contribution in [0, 0.1) is 0 Å². The highest BCUT2D eigenvalue weighted by Crippen LogP contribution is 2.18. The smallest absolute Gasteiger partial charge is 0.251 e. The number of nitrogens with one attached hydrogen (secondary N) is 1. The second kappa shape index (κ2) is 6.76. The zero-order chi connectivity index (χ0) is 14.5. The zero-order valence-corrected chi connectivity index (χ0v) is 13.4. The summed E-state index contributed by atoms with van der Waals surface area (Å²) < 4.78 is 2.69. The maximum atomic E-state index is 12.0. The maximum Gasteiger partial charge on any atom is 0.251 e. The van der Waals surface area contributed by atoms with Crippen molar-refractivity contribution in [2.45, 2.75) is 5.16 Å². The van der Waals surface area contributed by atoms with Crippen LogP contribution in [0.1, 0.15) is 10.4 Å². The van der Waals surface area contributed by atoms with Gasteiger partial charge in [0.15, 0.2) is 5.16 Å². The van der Waals surface area contributed by atoms with Gasteiger partial charge in [0.05, 0.1) is 0 Å². The van der Waals surface area contributed by atoms with Gasteiger partial charge in [-0.15, -0.1) is 0 Å². The van der Waals surface area contributed by atoms with Crippen LogP contribution >= 0.6 is 27.7 Å². The molecule has 0 aliphatic carbocycles. The number of hydrogen-bond acceptors (Lipinski definition) is 3. The van der Waals surface area contributed by atoms with Crippen LogP contribution in [-0.2, 0) is 0 Å². The topological polar surface area (TPSA) is 46.9 Å². The van der Waals surface area contributed by atoms with Crippen molar-refractivity contribution in [3.63, 3.8) is 0 Å². The van der Waals surface area contributed by atoms with E-state index in [1.54, 1.807) is 24.0 Å². The van der Waals surface area contributed by atoms with Crippen LogP contribution in [0.4, 0.5) is 0 Å². The van der Waals surface area contributed by atoms with E-state index >= 15 is 0 Å². The highest BCUT2D eigenvalue weighted by atomic mass is 79.9. The third kappa shape index (κ3) is 3.52. The van der Waals surface area contributed by atoms with Gasteiger partial charge < -0.3 is 5.32 Å². The number of carbonyl (C=O) groups is 1. The Morgan fingerprint density at radius 2 is 2.35 bits per heavy atom. The van der Waals surface area contributed by atoms with Crippen LogP contribution in [0.2, 0.25) is 0 Å². The largest absolute Gasteiger partial charge is 0.347 e. The lowest BCUT2D eigenvalue weighted by molar-refractivity contribution is 0.0957. The molecular formula is C14H14BrN3OS. The molecular weight excluding hydrogens is 338 g/mol. The van der Waals surface area contributed by atoms with Crippen molar-refractivity contribution in [3.8, 4) is 5.69 Å². The number of rotatable bonds is 5. The SMILES string of the molecule is C=C(Br)CNC(=O)c1cccc(-n2ccnc2SC)c1. The minimum Gasteiger partial charge on any atom is -0.347 e. The minimum atomic E-state index is -0.127. The Morgan fingerprint density at radius 1 is 1.55 bits per heavy atom. The fourth-order valence-electron chi connectivity index (χ4n) is 1.71. The molecule has 6 heteroatoms. The lowest BCUT2D eigenvalue weighted by Gasteiger charge is -2.09. The quantitative estimate of drug-likeness (QED) is 0.841. The molecule has 1 amide bonds. The van der Waals surface area contributed by atoms with E-state index in [1.807, 2.05) is 35.2 Å². The Hall–Kier alpha value is -1.53. The fourth-order valence-corrected chi connectivity index (χ4v) is 2.38. The molecule has 0 saturated carbocycles. The molecule has 0 radical (unpaired) electrons. The lowest BCUT2D eigenvalue weighted by Crippen LogP contribution is -2.24. The number of amides is 1. The van der Waals surface area contributed by atoms with Gasteiger partial charge in [-0.1, -0.05) is 40.3 Å². The van der Waals surface area contributed by atoms with Gasteiger partial charge in [-0.3, -0.25) is 9.36 Å². The van der Waals surface area contributed by atoms with Crippen molar-refractivity contribution in [2.75, 3.05) is 12.8 Å². The summed E-state index contributed by atoms with van der Waals surface area (Å²) in [5, 5.41) is 3.67. The van der Waals surface area contributed by atoms with Crippen molar-refractivity contribution in [1.29, 1.82) is 0 Å². The molecule has 0 fully saturated rings. The number of benzene rings is 1. The summed E-state index contributed by atoms with van der Waals surface area (Å²) in [5.74, 6) is -0.127. The molecule has 4 nitrogen and oxygen atoms in total. The molecule has 2 aromatic rings. The first kappa shape index (κ1) is 14.9. The molecule has 0 aliphatic heterocycles. The highest BCUT2D eigenvalue weighted by molar-refractivity contribution is 9.11. The van der Waals surface area contributed by atoms with Gasteiger partial charge in [0.1, 0.15) is 0 Å². The van der Waals surface area contributed by atoms with E-state index in [-0.39, 0.29) is 5.91 Å². The number of carbonyl (C=O) groups excluding carboxylic acids is 1. The summed E-state index contributed by atoms with van der Waals surface area (Å²) in [6, 6.07) is 7.43.